The van der Waals surface area contributed by atoms with Gasteiger partial charge in [-0.2, -0.15) is 0 Å². The molecule has 0 aromatic heterocycles. The minimum Gasteiger partial charge on any atom is -0.324 e. The first-order valence-electron chi connectivity index (χ1n) is 4.23. The molecule has 0 aliphatic carbocycles. The lowest BCUT2D eigenvalue weighted by molar-refractivity contribution is 0.514. The van der Waals surface area contributed by atoms with Gasteiger partial charge in [-0.25, -0.2) is 0 Å². The van der Waals surface area contributed by atoms with Gasteiger partial charge in [-0.1, -0.05) is 31.5 Å². The van der Waals surface area contributed by atoms with Gasteiger partial charge in [0.05, 0.1) is 0 Å². The third-order valence-electron chi connectivity index (χ3n) is 2.04. The molecule has 0 saturated carbocycles. The van der Waals surface area contributed by atoms with Crippen LogP contribution in [-0.4, -0.2) is 0 Å². The lowest BCUT2D eigenvalue weighted by Crippen LogP contribution is -2.17. The molecule has 1 nitrogen and oxygen atoms in total. The van der Waals surface area contributed by atoms with E-state index in [0.717, 1.165) is 14.2 Å². The summed E-state index contributed by atoms with van der Waals surface area (Å²) in [6.45, 7) is 4.19. The highest BCUT2D eigenvalue weighted by Crippen LogP contribution is 2.27. The van der Waals surface area contributed by atoms with Crippen LogP contribution in [0, 0.1) is 9.49 Å². The summed E-state index contributed by atoms with van der Waals surface area (Å²) in [5.74, 6) is 0.414. The summed E-state index contributed by atoms with van der Waals surface area (Å²) in [5, 5.41) is 0.771. The van der Waals surface area contributed by atoms with Gasteiger partial charge >= 0.3 is 0 Å². The topological polar surface area (TPSA) is 26.0 Å². The van der Waals surface area contributed by atoms with E-state index in [0.29, 0.717) is 5.92 Å². The van der Waals surface area contributed by atoms with Crippen LogP contribution in [0.5, 0.6) is 0 Å². The Labute approximate surface area is 97.8 Å². The van der Waals surface area contributed by atoms with Crippen LogP contribution in [0.1, 0.15) is 25.5 Å². The molecular weight excluding hydrogens is 296 g/mol. The summed E-state index contributed by atoms with van der Waals surface area (Å²) >= 11 is 8.32. The molecule has 1 aromatic rings. The van der Waals surface area contributed by atoms with Crippen LogP contribution in [-0.2, 0) is 0 Å². The molecule has 0 saturated heterocycles. The molecule has 13 heavy (non-hydrogen) atoms. The molecule has 3 heteroatoms. The smallest absolute Gasteiger partial charge is 0.0464 e. The highest BCUT2D eigenvalue weighted by atomic mass is 127. The lowest BCUT2D eigenvalue weighted by Gasteiger charge is -2.17. The maximum absolute atomic E-state index is 6.08. The molecule has 0 fully saturated rings. The molecular formula is C10H13ClIN. The zero-order valence-electron chi connectivity index (χ0n) is 7.72. The van der Waals surface area contributed by atoms with Crippen LogP contribution < -0.4 is 5.73 Å². The maximum atomic E-state index is 6.08. The van der Waals surface area contributed by atoms with Gasteiger partial charge in [-0.3, -0.25) is 0 Å². The summed E-state index contributed by atoms with van der Waals surface area (Å²) in [6.07, 6.45) is 0. The second-order valence-corrected chi connectivity index (χ2v) is 5.09. The number of nitrogens with two attached hydrogens (primary N) is 1. The third-order valence-corrected chi connectivity index (χ3v) is 3.04. The van der Waals surface area contributed by atoms with E-state index in [1.54, 1.807) is 0 Å². The van der Waals surface area contributed by atoms with Gasteiger partial charge in [0.15, 0.2) is 0 Å². The van der Waals surface area contributed by atoms with Gasteiger partial charge in [-0.05, 0) is 46.2 Å². The Hall–Kier alpha value is 0.200. The Morgan fingerprint density at radius 2 is 2.00 bits per heavy atom. The Morgan fingerprint density at radius 1 is 1.38 bits per heavy atom. The summed E-state index contributed by atoms with van der Waals surface area (Å²) < 4.78 is 1.14. The lowest BCUT2D eigenvalue weighted by atomic mass is 9.97. The number of benzene rings is 1. The van der Waals surface area contributed by atoms with Crippen molar-refractivity contribution in [2.75, 3.05) is 0 Å². The van der Waals surface area contributed by atoms with Gasteiger partial charge in [0.1, 0.15) is 0 Å². The molecule has 0 unspecified atom stereocenters. The molecule has 0 spiro atoms. The standard InChI is InChI=1S/C10H13ClIN/c1-6(2)10(13)8-4-3-7(12)5-9(8)11/h3-6,10H,13H2,1-2H3/t10-/m0/s1. The molecule has 1 rings (SSSR count). The first kappa shape index (κ1) is 11.3. The second-order valence-electron chi connectivity index (χ2n) is 3.44. The summed E-state index contributed by atoms with van der Waals surface area (Å²) in [7, 11) is 0. The van der Waals surface area contributed by atoms with Crippen LogP contribution in [0.4, 0.5) is 0 Å². The van der Waals surface area contributed by atoms with Crippen LogP contribution in [0.3, 0.4) is 0 Å². The van der Waals surface area contributed by atoms with E-state index in [1.165, 1.54) is 0 Å². The second kappa shape index (κ2) is 4.62. The molecule has 0 radical (unpaired) electrons. The van der Waals surface area contributed by atoms with Gasteiger partial charge in [0.25, 0.3) is 0 Å². The first-order chi connectivity index (χ1) is 6.02. The molecule has 2 N–H and O–H groups in total. The van der Waals surface area contributed by atoms with Crippen molar-refractivity contribution >= 4 is 34.2 Å². The number of rotatable bonds is 2. The van der Waals surface area contributed by atoms with Crippen molar-refractivity contribution < 1.29 is 0 Å². The fourth-order valence-corrected chi connectivity index (χ4v) is 2.11. The normalized spacial score (nSPS) is 13.4. The molecule has 0 aliphatic rings. The van der Waals surface area contributed by atoms with E-state index in [1.807, 2.05) is 18.2 Å². The summed E-state index contributed by atoms with van der Waals surface area (Å²) in [4.78, 5) is 0. The molecule has 0 bridgehead atoms. The minimum absolute atomic E-state index is 0.0319. The largest absolute Gasteiger partial charge is 0.324 e. The van der Waals surface area contributed by atoms with E-state index < -0.39 is 0 Å². The van der Waals surface area contributed by atoms with Crippen molar-refractivity contribution in [1.29, 1.82) is 0 Å². The highest BCUT2D eigenvalue weighted by Gasteiger charge is 2.13. The predicted molar refractivity (Wildman–Crippen MR) is 65.9 cm³/mol. The van der Waals surface area contributed by atoms with E-state index in [-0.39, 0.29) is 6.04 Å². The van der Waals surface area contributed by atoms with Crippen LogP contribution >= 0.6 is 34.2 Å². The monoisotopic (exact) mass is 309 g/mol. The Kier molecular flexibility index (Phi) is 4.01. The van der Waals surface area contributed by atoms with Gasteiger partial charge in [0.2, 0.25) is 0 Å². The van der Waals surface area contributed by atoms with Crippen molar-refractivity contribution in [2.24, 2.45) is 11.7 Å². The van der Waals surface area contributed by atoms with Crippen molar-refractivity contribution in [2.45, 2.75) is 19.9 Å². The molecule has 0 heterocycles. The fourth-order valence-electron chi connectivity index (χ4n) is 1.13. The zero-order valence-corrected chi connectivity index (χ0v) is 10.6. The van der Waals surface area contributed by atoms with Crippen LogP contribution in [0.15, 0.2) is 18.2 Å². The SMILES string of the molecule is CC(C)[C@H](N)c1ccc(I)cc1Cl. The van der Waals surface area contributed by atoms with Crippen molar-refractivity contribution in [3.63, 3.8) is 0 Å². The predicted octanol–water partition coefficient (Wildman–Crippen LogP) is 3.60. The van der Waals surface area contributed by atoms with E-state index in [4.69, 9.17) is 17.3 Å². The zero-order chi connectivity index (χ0) is 10.0. The van der Waals surface area contributed by atoms with E-state index >= 15 is 0 Å². The van der Waals surface area contributed by atoms with E-state index in [9.17, 15) is 0 Å². The molecule has 1 aromatic carbocycles. The minimum atomic E-state index is 0.0319. The average Bonchev–Trinajstić information content (AvgIpc) is 2.03. The Morgan fingerprint density at radius 3 is 2.46 bits per heavy atom. The quantitative estimate of drug-likeness (QED) is 0.830. The van der Waals surface area contributed by atoms with Gasteiger partial charge in [0, 0.05) is 14.6 Å². The van der Waals surface area contributed by atoms with Crippen molar-refractivity contribution in [3.05, 3.63) is 32.4 Å². The molecule has 72 valence electrons. The van der Waals surface area contributed by atoms with E-state index in [2.05, 4.69) is 36.4 Å². The number of hydrogen-bond donors (Lipinski definition) is 1. The molecule has 0 amide bonds. The first-order valence-corrected chi connectivity index (χ1v) is 5.68. The van der Waals surface area contributed by atoms with Crippen LogP contribution in [0.2, 0.25) is 5.02 Å². The maximum Gasteiger partial charge on any atom is 0.0464 e. The van der Waals surface area contributed by atoms with Gasteiger partial charge in [-0.15, -0.1) is 0 Å². The number of halogens is 2. The summed E-state index contributed by atoms with van der Waals surface area (Å²) in [5.41, 5.74) is 7.04. The molecule has 1 atom stereocenters. The van der Waals surface area contributed by atoms with Crippen LogP contribution in [0.25, 0.3) is 0 Å². The van der Waals surface area contributed by atoms with Crippen molar-refractivity contribution in [3.8, 4) is 0 Å². The highest BCUT2D eigenvalue weighted by molar-refractivity contribution is 14.1. The molecule has 0 aliphatic heterocycles. The number of hydrogen-bond acceptors (Lipinski definition) is 1. The summed E-state index contributed by atoms with van der Waals surface area (Å²) in [6, 6.07) is 6.02. The van der Waals surface area contributed by atoms with Crippen molar-refractivity contribution in [1.82, 2.24) is 0 Å². The third kappa shape index (κ3) is 2.82. The van der Waals surface area contributed by atoms with Gasteiger partial charge < -0.3 is 5.73 Å². The Balaban J connectivity index is 3.01. The fraction of sp³-hybridized carbons (Fsp3) is 0.400. The Bertz CT molecular complexity index is 299. The average molecular weight is 310 g/mol.